The minimum Gasteiger partial charge on any atom is -0.442 e. The zero-order valence-corrected chi connectivity index (χ0v) is 18.2. The van der Waals surface area contributed by atoms with Crippen LogP contribution in [0, 0.1) is 10.1 Å². The number of aromatic nitrogens is 4. The number of hydrogen-bond donors (Lipinski definition) is 0. The van der Waals surface area contributed by atoms with Gasteiger partial charge in [-0.2, -0.15) is 0 Å². The number of carbonyl (C=O) groups excluding carboxylic acids is 1. The fourth-order valence-electron chi connectivity index (χ4n) is 2.64. The molecule has 1 amide bonds. The molecule has 0 aliphatic heterocycles. The number of ether oxygens (including phenoxy) is 1. The van der Waals surface area contributed by atoms with Gasteiger partial charge in [0.2, 0.25) is 0 Å². The Morgan fingerprint density at radius 2 is 1.68 bits per heavy atom. The molecule has 0 radical (unpaired) electrons. The second-order valence-corrected chi connectivity index (χ2v) is 8.74. The maximum Gasteiger partial charge on any atom is 0.440 e. The van der Waals surface area contributed by atoms with Crippen LogP contribution >= 0.6 is 0 Å². The van der Waals surface area contributed by atoms with Crippen molar-refractivity contribution in [3.63, 3.8) is 0 Å². The summed E-state index contributed by atoms with van der Waals surface area (Å²) in [6, 6.07) is 5.94. The van der Waals surface area contributed by atoms with E-state index in [4.69, 9.17) is 9.57 Å². The largest absolute Gasteiger partial charge is 0.442 e. The molecule has 11 nitrogen and oxygen atoms in total. The number of nitro groups is 1. The van der Waals surface area contributed by atoms with Gasteiger partial charge in [0.05, 0.1) is 10.5 Å². The Morgan fingerprint density at radius 3 is 2.23 bits per heavy atom. The maximum atomic E-state index is 12.9. The molecular formula is C20H24N6O5. The number of benzene rings is 1. The number of amides is 1. The molecule has 0 atom stereocenters. The molecule has 0 aliphatic rings. The zero-order chi connectivity index (χ0) is 23.0. The summed E-state index contributed by atoms with van der Waals surface area (Å²) >= 11 is 0. The van der Waals surface area contributed by atoms with Crippen LogP contribution in [-0.2, 0) is 9.57 Å². The summed E-state index contributed by atoms with van der Waals surface area (Å²) in [5.41, 5.74) is -0.201. The van der Waals surface area contributed by atoms with Gasteiger partial charge in [0, 0.05) is 17.8 Å². The third-order valence-corrected chi connectivity index (χ3v) is 3.77. The van der Waals surface area contributed by atoms with Crippen LogP contribution in [0.2, 0.25) is 0 Å². The lowest BCUT2D eigenvalue weighted by atomic mass is 10.2. The van der Waals surface area contributed by atoms with E-state index in [2.05, 4.69) is 15.0 Å². The SMILES string of the molecule is CC(C)(C)OC(=O)N(OC(C)(C)C)c1ncnc2c1ncn2-c1ccc([N+](=O)[O-])cc1. The van der Waals surface area contributed by atoms with Crippen LogP contribution in [0.4, 0.5) is 16.3 Å². The van der Waals surface area contributed by atoms with Crippen molar-refractivity contribution in [2.75, 3.05) is 5.06 Å². The molecule has 0 bridgehead atoms. The molecule has 0 saturated carbocycles. The molecular weight excluding hydrogens is 404 g/mol. The third kappa shape index (κ3) is 5.12. The maximum absolute atomic E-state index is 12.9. The number of hydroxylamine groups is 1. The third-order valence-electron chi connectivity index (χ3n) is 3.77. The summed E-state index contributed by atoms with van der Waals surface area (Å²) in [6.07, 6.45) is 2.03. The van der Waals surface area contributed by atoms with Gasteiger partial charge in [-0.25, -0.2) is 19.7 Å². The first kappa shape index (κ1) is 22.1. The van der Waals surface area contributed by atoms with Gasteiger partial charge in [-0.3, -0.25) is 19.5 Å². The van der Waals surface area contributed by atoms with E-state index in [1.807, 2.05) is 0 Å². The van der Waals surface area contributed by atoms with E-state index < -0.39 is 22.2 Å². The smallest absolute Gasteiger partial charge is 0.440 e. The minimum absolute atomic E-state index is 0.0295. The van der Waals surface area contributed by atoms with Gasteiger partial charge in [-0.1, -0.05) is 0 Å². The molecule has 0 N–H and O–H groups in total. The zero-order valence-electron chi connectivity index (χ0n) is 18.2. The highest BCUT2D eigenvalue weighted by Gasteiger charge is 2.32. The molecule has 0 spiro atoms. The molecule has 0 aliphatic carbocycles. The van der Waals surface area contributed by atoms with E-state index in [1.165, 1.54) is 24.8 Å². The molecule has 164 valence electrons. The van der Waals surface area contributed by atoms with E-state index >= 15 is 0 Å². The lowest BCUT2D eigenvalue weighted by Gasteiger charge is -2.30. The van der Waals surface area contributed by atoms with Crippen molar-refractivity contribution in [1.29, 1.82) is 0 Å². The summed E-state index contributed by atoms with van der Waals surface area (Å²) < 4.78 is 7.11. The van der Waals surface area contributed by atoms with Gasteiger partial charge >= 0.3 is 6.09 Å². The molecule has 0 saturated heterocycles. The molecule has 11 heteroatoms. The van der Waals surface area contributed by atoms with Crippen molar-refractivity contribution in [3.05, 3.63) is 47.0 Å². The first-order chi connectivity index (χ1) is 14.4. The van der Waals surface area contributed by atoms with Crippen molar-refractivity contribution in [2.45, 2.75) is 52.7 Å². The van der Waals surface area contributed by atoms with Crippen LogP contribution in [0.1, 0.15) is 41.5 Å². The second kappa shape index (κ2) is 7.91. The summed E-state index contributed by atoms with van der Waals surface area (Å²) in [7, 11) is 0. The Bertz CT molecular complexity index is 1110. The molecule has 0 fully saturated rings. The Morgan fingerprint density at radius 1 is 1.03 bits per heavy atom. The molecule has 2 heterocycles. The van der Waals surface area contributed by atoms with Crippen molar-refractivity contribution in [1.82, 2.24) is 19.5 Å². The molecule has 31 heavy (non-hydrogen) atoms. The van der Waals surface area contributed by atoms with Crippen LogP contribution in [0.5, 0.6) is 0 Å². The van der Waals surface area contributed by atoms with Crippen LogP contribution in [0.15, 0.2) is 36.9 Å². The predicted octanol–water partition coefficient (Wildman–Crippen LogP) is 4.20. The molecule has 2 aromatic heterocycles. The lowest BCUT2D eigenvalue weighted by molar-refractivity contribution is -0.384. The highest BCUT2D eigenvalue weighted by molar-refractivity contribution is 5.94. The number of rotatable bonds is 4. The number of nitrogens with zero attached hydrogens (tertiary/aromatic N) is 6. The van der Waals surface area contributed by atoms with E-state index in [0.717, 1.165) is 5.06 Å². The number of non-ortho nitro benzene ring substituents is 1. The number of carbonyl (C=O) groups is 1. The molecule has 0 unspecified atom stereocenters. The van der Waals surface area contributed by atoms with Gasteiger partial charge in [-0.15, -0.1) is 5.06 Å². The van der Waals surface area contributed by atoms with E-state index in [1.54, 1.807) is 58.2 Å². The van der Waals surface area contributed by atoms with E-state index in [9.17, 15) is 14.9 Å². The predicted molar refractivity (Wildman–Crippen MR) is 113 cm³/mol. The topological polar surface area (TPSA) is 126 Å². The summed E-state index contributed by atoms with van der Waals surface area (Å²) in [5, 5.41) is 11.9. The monoisotopic (exact) mass is 428 g/mol. The Kier molecular flexibility index (Phi) is 5.64. The average molecular weight is 428 g/mol. The molecule has 1 aromatic carbocycles. The fourth-order valence-corrected chi connectivity index (χ4v) is 2.64. The average Bonchev–Trinajstić information content (AvgIpc) is 3.08. The number of imidazole rings is 1. The first-order valence-corrected chi connectivity index (χ1v) is 9.51. The fraction of sp³-hybridized carbons (Fsp3) is 0.400. The summed E-state index contributed by atoms with van der Waals surface area (Å²) in [6.45, 7) is 10.6. The van der Waals surface area contributed by atoms with Gasteiger partial charge in [0.15, 0.2) is 17.0 Å². The number of anilines is 1. The Labute approximate surface area is 178 Å². The summed E-state index contributed by atoms with van der Waals surface area (Å²) in [4.78, 5) is 42.0. The van der Waals surface area contributed by atoms with Crippen molar-refractivity contribution >= 4 is 28.8 Å². The van der Waals surface area contributed by atoms with Crippen LogP contribution in [0.25, 0.3) is 16.9 Å². The van der Waals surface area contributed by atoms with Crippen LogP contribution in [0.3, 0.4) is 0 Å². The van der Waals surface area contributed by atoms with E-state index in [-0.39, 0.29) is 11.5 Å². The number of hydrogen-bond acceptors (Lipinski definition) is 8. The van der Waals surface area contributed by atoms with Gasteiger partial charge < -0.3 is 4.74 Å². The Hall–Kier alpha value is -3.60. The van der Waals surface area contributed by atoms with Crippen LogP contribution < -0.4 is 5.06 Å². The highest BCUT2D eigenvalue weighted by atomic mass is 16.7. The standard InChI is InChI=1S/C20H24N6O5/c1-19(2,3)30-18(27)25(31-20(4,5)6)17-15-16(21-11-22-17)24(12-23-15)13-7-9-14(10-8-13)26(28)29/h7-12H,1-6H3. The number of fused-ring (bicyclic) bond motifs is 1. The quantitative estimate of drug-likeness (QED) is 0.447. The van der Waals surface area contributed by atoms with Crippen molar-refractivity contribution in [2.24, 2.45) is 0 Å². The van der Waals surface area contributed by atoms with Crippen LogP contribution in [-0.4, -0.2) is 41.7 Å². The number of nitro benzene ring substituents is 1. The minimum atomic E-state index is -0.749. The van der Waals surface area contributed by atoms with Gasteiger partial charge in [0.1, 0.15) is 18.3 Å². The normalized spacial score (nSPS) is 12.1. The van der Waals surface area contributed by atoms with E-state index in [0.29, 0.717) is 16.9 Å². The second-order valence-electron chi connectivity index (χ2n) is 8.74. The molecule has 3 rings (SSSR count). The van der Waals surface area contributed by atoms with Gasteiger partial charge in [-0.05, 0) is 53.7 Å². The van der Waals surface area contributed by atoms with Crippen molar-refractivity contribution < 1.29 is 19.3 Å². The highest BCUT2D eigenvalue weighted by Crippen LogP contribution is 2.28. The van der Waals surface area contributed by atoms with Crippen molar-refractivity contribution in [3.8, 4) is 5.69 Å². The molecule has 3 aromatic rings. The summed E-state index contributed by atoms with van der Waals surface area (Å²) in [5.74, 6) is 0.120. The van der Waals surface area contributed by atoms with Gasteiger partial charge in [0.25, 0.3) is 5.69 Å². The Balaban J connectivity index is 2.08. The first-order valence-electron chi connectivity index (χ1n) is 9.51. The lowest BCUT2D eigenvalue weighted by Crippen LogP contribution is -2.42.